The Morgan fingerprint density at radius 2 is 2.12 bits per heavy atom. The van der Waals surface area contributed by atoms with E-state index in [1.807, 2.05) is 24.6 Å². The van der Waals surface area contributed by atoms with E-state index in [1.54, 1.807) is 24.4 Å². The highest BCUT2D eigenvalue weighted by atomic mass is 79.9. The molecule has 6 nitrogen and oxygen atoms in total. The van der Waals surface area contributed by atoms with Crippen molar-refractivity contribution in [2.45, 2.75) is 46.3 Å². The highest BCUT2D eigenvalue weighted by Crippen LogP contribution is 2.33. The molecule has 0 radical (unpaired) electrons. The van der Waals surface area contributed by atoms with Crippen LogP contribution in [0.5, 0.6) is 5.75 Å². The molecular formula is C19H22BrN3O3. The molecule has 0 spiro atoms. The number of nitrogens with zero attached hydrogens (tertiary/aromatic N) is 2. The van der Waals surface area contributed by atoms with Crippen molar-refractivity contribution in [1.29, 1.82) is 0 Å². The topological polar surface area (TPSA) is 69.3 Å². The molecule has 2 aromatic heterocycles. The molecule has 3 aromatic rings. The first-order chi connectivity index (χ1) is 12.4. The number of aromatic nitrogens is 2. The van der Waals surface area contributed by atoms with Crippen LogP contribution in [0.3, 0.4) is 0 Å². The molecule has 0 fully saturated rings. The van der Waals surface area contributed by atoms with Gasteiger partial charge in [-0.3, -0.25) is 4.79 Å². The first kappa shape index (κ1) is 18.5. The molecule has 26 heavy (non-hydrogen) atoms. The van der Waals surface area contributed by atoms with Gasteiger partial charge in [-0.1, -0.05) is 6.92 Å². The number of hydrogen-bond donors (Lipinski definition) is 1. The van der Waals surface area contributed by atoms with Crippen LogP contribution in [0.1, 0.15) is 50.5 Å². The van der Waals surface area contributed by atoms with Gasteiger partial charge < -0.3 is 14.5 Å². The zero-order valence-corrected chi connectivity index (χ0v) is 16.8. The van der Waals surface area contributed by atoms with Gasteiger partial charge in [0.25, 0.3) is 5.91 Å². The number of benzene rings is 1. The zero-order valence-electron chi connectivity index (χ0n) is 15.2. The fourth-order valence-electron chi connectivity index (χ4n) is 2.68. The smallest absolute Gasteiger partial charge is 0.257 e. The summed E-state index contributed by atoms with van der Waals surface area (Å²) in [7, 11) is 0. The van der Waals surface area contributed by atoms with Crippen LogP contribution in [0, 0.1) is 0 Å². The lowest BCUT2D eigenvalue weighted by Gasteiger charge is -2.15. The van der Waals surface area contributed by atoms with Gasteiger partial charge in [0.05, 0.1) is 23.7 Å². The van der Waals surface area contributed by atoms with Crippen LogP contribution in [0.15, 0.2) is 39.5 Å². The molecule has 1 N–H and O–H groups in total. The lowest BCUT2D eigenvalue weighted by molar-refractivity contribution is 0.102. The minimum Gasteiger partial charge on any atom is -0.490 e. The van der Waals surface area contributed by atoms with Crippen LogP contribution in [-0.4, -0.2) is 21.8 Å². The SMILES string of the molecule is CCC(C)n1nccc1NC(=O)c1cc(OC(C)C)c2cc(Br)oc2c1. The number of fused-ring (bicyclic) bond motifs is 1. The van der Waals surface area contributed by atoms with Gasteiger partial charge in [0.1, 0.15) is 17.2 Å². The summed E-state index contributed by atoms with van der Waals surface area (Å²) in [5.41, 5.74) is 1.06. The van der Waals surface area contributed by atoms with Gasteiger partial charge in [-0.2, -0.15) is 5.10 Å². The molecule has 138 valence electrons. The minimum atomic E-state index is -0.238. The van der Waals surface area contributed by atoms with Crippen LogP contribution < -0.4 is 10.1 Å². The van der Waals surface area contributed by atoms with Gasteiger partial charge in [-0.25, -0.2) is 4.68 Å². The Morgan fingerprint density at radius 1 is 1.35 bits per heavy atom. The molecule has 1 atom stereocenters. The summed E-state index contributed by atoms with van der Waals surface area (Å²) in [6.45, 7) is 8.02. The molecule has 7 heteroatoms. The third-order valence-corrected chi connectivity index (χ3v) is 4.51. The zero-order chi connectivity index (χ0) is 18.8. The molecule has 0 bridgehead atoms. The Morgan fingerprint density at radius 3 is 2.81 bits per heavy atom. The van der Waals surface area contributed by atoms with Crippen molar-refractivity contribution >= 4 is 38.6 Å². The maximum atomic E-state index is 12.8. The van der Waals surface area contributed by atoms with Gasteiger partial charge in [-0.05, 0) is 55.3 Å². The largest absolute Gasteiger partial charge is 0.490 e. The predicted molar refractivity (Wildman–Crippen MR) is 105 cm³/mol. The van der Waals surface area contributed by atoms with Gasteiger partial charge >= 0.3 is 0 Å². The number of amides is 1. The lowest BCUT2D eigenvalue weighted by atomic mass is 10.1. The van der Waals surface area contributed by atoms with Crippen molar-refractivity contribution in [3.05, 3.63) is 40.7 Å². The summed E-state index contributed by atoms with van der Waals surface area (Å²) in [5, 5.41) is 8.05. The van der Waals surface area contributed by atoms with E-state index in [0.717, 1.165) is 11.8 Å². The van der Waals surface area contributed by atoms with E-state index < -0.39 is 0 Å². The lowest BCUT2D eigenvalue weighted by Crippen LogP contribution is -2.17. The molecule has 1 unspecified atom stereocenters. The Hall–Kier alpha value is -2.28. The highest BCUT2D eigenvalue weighted by Gasteiger charge is 2.17. The number of carbonyl (C=O) groups is 1. The molecular weight excluding hydrogens is 398 g/mol. The molecule has 0 saturated carbocycles. The van der Waals surface area contributed by atoms with E-state index in [2.05, 4.69) is 40.2 Å². The van der Waals surface area contributed by atoms with E-state index in [1.165, 1.54) is 0 Å². The number of furan rings is 1. The van der Waals surface area contributed by atoms with Gasteiger partial charge in [0.15, 0.2) is 4.67 Å². The van der Waals surface area contributed by atoms with Gasteiger partial charge in [-0.15, -0.1) is 0 Å². The molecule has 0 saturated heterocycles. The summed E-state index contributed by atoms with van der Waals surface area (Å²) < 4.78 is 13.9. The fourth-order valence-corrected chi connectivity index (χ4v) is 3.09. The van der Waals surface area contributed by atoms with Crippen molar-refractivity contribution in [2.24, 2.45) is 0 Å². The van der Waals surface area contributed by atoms with Crippen LogP contribution >= 0.6 is 15.9 Å². The fraction of sp³-hybridized carbons (Fsp3) is 0.368. The quantitative estimate of drug-likeness (QED) is 0.580. The average molecular weight is 420 g/mol. The van der Waals surface area contributed by atoms with Crippen LogP contribution in [-0.2, 0) is 0 Å². The Labute approximate surface area is 160 Å². The Bertz CT molecular complexity index is 929. The molecule has 2 heterocycles. The first-order valence-corrected chi connectivity index (χ1v) is 9.43. The van der Waals surface area contributed by atoms with E-state index in [0.29, 0.717) is 27.4 Å². The number of ether oxygens (including phenoxy) is 1. The van der Waals surface area contributed by atoms with Crippen LogP contribution in [0.4, 0.5) is 5.82 Å². The normalized spacial score (nSPS) is 12.5. The number of carbonyl (C=O) groups excluding carboxylic acids is 1. The van der Waals surface area contributed by atoms with Crippen molar-refractivity contribution in [1.82, 2.24) is 9.78 Å². The highest BCUT2D eigenvalue weighted by molar-refractivity contribution is 9.10. The van der Waals surface area contributed by atoms with Crippen LogP contribution in [0.2, 0.25) is 0 Å². The summed E-state index contributed by atoms with van der Waals surface area (Å²) in [4.78, 5) is 12.8. The molecule has 0 aliphatic rings. The van der Waals surface area contributed by atoms with Gasteiger partial charge in [0, 0.05) is 17.7 Å². The second kappa shape index (κ2) is 7.53. The maximum absolute atomic E-state index is 12.8. The predicted octanol–water partition coefficient (Wildman–Crippen LogP) is 5.40. The second-order valence-electron chi connectivity index (χ2n) is 6.48. The Balaban J connectivity index is 1.94. The number of hydrogen-bond acceptors (Lipinski definition) is 4. The minimum absolute atomic E-state index is 0.0166. The standard InChI is InChI=1S/C19H22BrN3O3/c1-5-12(4)23-18(6-7-21-23)22-19(24)13-8-15(25-11(2)3)14-10-17(20)26-16(14)9-13/h6-12H,5H2,1-4H3,(H,22,24). The third kappa shape index (κ3) is 3.77. The number of nitrogens with one attached hydrogen (secondary N) is 1. The van der Waals surface area contributed by atoms with E-state index in [4.69, 9.17) is 9.15 Å². The maximum Gasteiger partial charge on any atom is 0.257 e. The number of anilines is 1. The van der Waals surface area contributed by atoms with Crippen LogP contribution in [0.25, 0.3) is 11.0 Å². The summed E-state index contributed by atoms with van der Waals surface area (Å²) in [5.74, 6) is 1.04. The summed E-state index contributed by atoms with van der Waals surface area (Å²) in [6.07, 6.45) is 2.59. The Kier molecular flexibility index (Phi) is 5.36. The monoisotopic (exact) mass is 419 g/mol. The van der Waals surface area contributed by atoms with E-state index >= 15 is 0 Å². The average Bonchev–Trinajstić information content (AvgIpc) is 3.19. The first-order valence-electron chi connectivity index (χ1n) is 8.63. The second-order valence-corrected chi connectivity index (χ2v) is 7.26. The molecule has 0 aliphatic carbocycles. The molecule has 1 amide bonds. The van der Waals surface area contributed by atoms with Crippen molar-refractivity contribution < 1.29 is 13.9 Å². The van der Waals surface area contributed by atoms with Crippen molar-refractivity contribution in [3.8, 4) is 5.75 Å². The molecule has 3 rings (SSSR count). The molecule has 1 aromatic carbocycles. The van der Waals surface area contributed by atoms with Crippen molar-refractivity contribution in [3.63, 3.8) is 0 Å². The van der Waals surface area contributed by atoms with E-state index in [9.17, 15) is 4.79 Å². The van der Waals surface area contributed by atoms with Gasteiger partial charge in [0.2, 0.25) is 0 Å². The number of halogens is 1. The summed E-state index contributed by atoms with van der Waals surface area (Å²) in [6, 6.07) is 7.28. The summed E-state index contributed by atoms with van der Waals surface area (Å²) >= 11 is 3.33. The molecule has 0 aliphatic heterocycles. The van der Waals surface area contributed by atoms with Crippen molar-refractivity contribution in [2.75, 3.05) is 5.32 Å². The third-order valence-electron chi connectivity index (χ3n) is 4.11. The number of rotatable bonds is 6. The van der Waals surface area contributed by atoms with E-state index in [-0.39, 0.29) is 18.1 Å².